The van der Waals surface area contributed by atoms with Crippen molar-refractivity contribution in [3.8, 4) is 0 Å². The molecule has 4 aromatic rings. The van der Waals surface area contributed by atoms with E-state index in [1.165, 1.54) is 0 Å². The van der Waals surface area contributed by atoms with Crippen LogP contribution in [0.1, 0.15) is 11.8 Å². The predicted molar refractivity (Wildman–Crippen MR) is 114 cm³/mol. The molecule has 0 unspecified atom stereocenters. The summed E-state index contributed by atoms with van der Waals surface area (Å²) >= 11 is 0. The summed E-state index contributed by atoms with van der Waals surface area (Å²) in [5, 5.41) is 4.23. The van der Waals surface area contributed by atoms with Crippen molar-refractivity contribution in [3.63, 3.8) is 0 Å². The number of furan rings is 1. The number of hydrogen-bond acceptors (Lipinski definition) is 4. The van der Waals surface area contributed by atoms with Crippen molar-refractivity contribution >= 4 is 27.7 Å². The van der Waals surface area contributed by atoms with Crippen LogP contribution in [-0.2, 0) is 11.3 Å². The molecule has 0 spiro atoms. The van der Waals surface area contributed by atoms with Crippen LogP contribution in [0.3, 0.4) is 0 Å². The number of hydrogen-bond donors (Lipinski definition) is 1. The van der Waals surface area contributed by atoms with Gasteiger partial charge in [-0.25, -0.2) is 0 Å². The molecule has 29 heavy (non-hydrogen) atoms. The van der Waals surface area contributed by atoms with Crippen molar-refractivity contribution in [2.24, 2.45) is 0 Å². The maximum atomic E-state index is 12.8. The number of para-hydroxylation sites is 2. The van der Waals surface area contributed by atoms with E-state index in [9.17, 15) is 9.59 Å². The van der Waals surface area contributed by atoms with E-state index in [0.29, 0.717) is 17.3 Å². The molecule has 2 aromatic carbocycles. The third kappa shape index (κ3) is 3.67. The van der Waals surface area contributed by atoms with E-state index in [4.69, 9.17) is 4.42 Å². The van der Waals surface area contributed by atoms with Crippen molar-refractivity contribution in [2.45, 2.75) is 12.6 Å². The van der Waals surface area contributed by atoms with Gasteiger partial charge in [0.15, 0.2) is 5.43 Å². The number of carbonyl (C=O) groups excluding carboxylic acids is 1. The molecular weight excluding hydrogens is 366 g/mol. The number of pyridine rings is 1. The van der Waals surface area contributed by atoms with E-state index < -0.39 is 0 Å². The SMILES string of the molecule is CN(C)[C@H](CNC(=O)Cn1c2ccccc2c(=O)c2ccccc21)c1ccco1. The highest BCUT2D eigenvalue weighted by molar-refractivity contribution is 5.94. The second-order valence-corrected chi connectivity index (χ2v) is 7.25. The number of fused-ring (bicyclic) bond motifs is 2. The second kappa shape index (κ2) is 7.93. The lowest BCUT2D eigenvalue weighted by atomic mass is 10.1. The van der Waals surface area contributed by atoms with Crippen molar-refractivity contribution in [2.75, 3.05) is 20.6 Å². The first-order valence-electron chi connectivity index (χ1n) is 9.53. The zero-order valence-corrected chi connectivity index (χ0v) is 16.5. The summed E-state index contributed by atoms with van der Waals surface area (Å²) in [7, 11) is 3.89. The van der Waals surface area contributed by atoms with Gasteiger partial charge in [-0.2, -0.15) is 0 Å². The first kappa shape index (κ1) is 19.0. The van der Waals surface area contributed by atoms with Crippen LogP contribution in [0.15, 0.2) is 76.1 Å². The summed E-state index contributed by atoms with van der Waals surface area (Å²) < 4.78 is 7.40. The minimum atomic E-state index is -0.123. The van der Waals surface area contributed by atoms with Gasteiger partial charge < -0.3 is 14.3 Å². The summed E-state index contributed by atoms with van der Waals surface area (Å²) in [6, 6.07) is 18.5. The largest absolute Gasteiger partial charge is 0.468 e. The molecule has 0 fully saturated rings. The Kier molecular flexibility index (Phi) is 5.18. The van der Waals surface area contributed by atoms with Gasteiger partial charge in [-0.3, -0.25) is 14.5 Å². The highest BCUT2D eigenvalue weighted by Gasteiger charge is 2.19. The molecule has 0 aliphatic carbocycles. The summed E-state index contributed by atoms with van der Waals surface area (Å²) in [6.07, 6.45) is 1.63. The highest BCUT2D eigenvalue weighted by Crippen LogP contribution is 2.20. The third-order valence-electron chi connectivity index (χ3n) is 5.17. The van der Waals surface area contributed by atoms with Crippen molar-refractivity contribution in [3.05, 3.63) is 82.9 Å². The quantitative estimate of drug-likeness (QED) is 0.515. The Balaban J connectivity index is 1.64. The Labute approximate surface area is 168 Å². The Bertz CT molecular complexity index is 1150. The third-order valence-corrected chi connectivity index (χ3v) is 5.17. The first-order valence-corrected chi connectivity index (χ1v) is 9.53. The summed E-state index contributed by atoms with van der Waals surface area (Å²) in [5.74, 6) is 0.678. The Morgan fingerprint density at radius 3 is 2.17 bits per heavy atom. The van der Waals surface area contributed by atoms with Crippen molar-refractivity contribution < 1.29 is 9.21 Å². The Morgan fingerprint density at radius 1 is 1.00 bits per heavy atom. The van der Waals surface area contributed by atoms with Gasteiger partial charge in [-0.1, -0.05) is 24.3 Å². The molecule has 6 heteroatoms. The fourth-order valence-electron chi connectivity index (χ4n) is 3.68. The number of rotatable bonds is 6. The smallest absolute Gasteiger partial charge is 0.240 e. The number of likely N-dealkylation sites (N-methyl/N-ethyl adjacent to an activating group) is 1. The predicted octanol–water partition coefficient (Wildman–Crippen LogP) is 3.17. The van der Waals surface area contributed by atoms with Crippen LogP contribution in [0, 0.1) is 0 Å². The molecule has 0 radical (unpaired) electrons. The second-order valence-electron chi connectivity index (χ2n) is 7.25. The number of aromatic nitrogens is 1. The molecule has 148 valence electrons. The minimum Gasteiger partial charge on any atom is -0.468 e. The average Bonchev–Trinajstić information content (AvgIpc) is 3.25. The maximum absolute atomic E-state index is 12.8. The van der Waals surface area contributed by atoms with Gasteiger partial charge in [0.25, 0.3) is 0 Å². The molecule has 1 atom stereocenters. The Hall–Kier alpha value is -3.38. The molecule has 6 nitrogen and oxygen atoms in total. The van der Waals surface area contributed by atoms with E-state index in [0.717, 1.165) is 16.8 Å². The zero-order chi connectivity index (χ0) is 20.4. The molecule has 1 amide bonds. The summed E-state index contributed by atoms with van der Waals surface area (Å²) in [6.45, 7) is 0.551. The standard InChI is InChI=1S/C23H23N3O3/c1-25(2)20(21-12-7-13-29-21)14-24-22(27)15-26-18-10-5-3-8-16(18)23(28)17-9-4-6-11-19(17)26/h3-13,20H,14-15H2,1-2H3,(H,24,27)/t20-/m1/s1. The topological polar surface area (TPSA) is 67.5 Å². The van der Waals surface area contributed by atoms with Crippen LogP contribution in [0.5, 0.6) is 0 Å². The number of amides is 1. The first-order chi connectivity index (χ1) is 14.1. The van der Waals surface area contributed by atoms with E-state index in [1.807, 2.05) is 72.1 Å². The molecule has 0 aliphatic rings. The average molecular weight is 389 g/mol. The lowest BCUT2D eigenvalue weighted by Gasteiger charge is -2.23. The van der Waals surface area contributed by atoms with E-state index in [1.54, 1.807) is 18.4 Å². The number of nitrogens with zero attached hydrogens (tertiary/aromatic N) is 2. The van der Waals surface area contributed by atoms with Gasteiger partial charge in [-0.15, -0.1) is 0 Å². The highest BCUT2D eigenvalue weighted by atomic mass is 16.3. The number of nitrogens with one attached hydrogen (secondary N) is 1. The van der Waals surface area contributed by atoms with Crippen LogP contribution >= 0.6 is 0 Å². The molecule has 2 aromatic heterocycles. The van der Waals surface area contributed by atoms with Crippen LogP contribution in [0.4, 0.5) is 0 Å². The normalized spacial score (nSPS) is 12.5. The number of carbonyl (C=O) groups is 1. The van der Waals surface area contributed by atoms with E-state index in [-0.39, 0.29) is 23.9 Å². The fourth-order valence-corrected chi connectivity index (χ4v) is 3.68. The van der Waals surface area contributed by atoms with E-state index >= 15 is 0 Å². The van der Waals surface area contributed by atoms with Crippen LogP contribution < -0.4 is 10.7 Å². The lowest BCUT2D eigenvalue weighted by molar-refractivity contribution is -0.121. The molecule has 0 aliphatic heterocycles. The fraction of sp³-hybridized carbons (Fsp3) is 0.217. The molecule has 2 heterocycles. The van der Waals surface area contributed by atoms with Crippen LogP contribution in [0.2, 0.25) is 0 Å². The lowest BCUT2D eigenvalue weighted by Crippen LogP contribution is -2.36. The van der Waals surface area contributed by atoms with Crippen LogP contribution in [0.25, 0.3) is 21.8 Å². The molecule has 0 bridgehead atoms. The van der Waals surface area contributed by atoms with Crippen molar-refractivity contribution in [1.29, 1.82) is 0 Å². The molecular formula is C23H23N3O3. The molecule has 1 N–H and O–H groups in total. The van der Waals surface area contributed by atoms with Gasteiger partial charge >= 0.3 is 0 Å². The molecule has 0 saturated carbocycles. The molecule has 4 rings (SSSR count). The van der Waals surface area contributed by atoms with Crippen LogP contribution in [-0.4, -0.2) is 36.0 Å². The zero-order valence-electron chi connectivity index (χ0n) is 16.5. The van der Waals surface area contributed by atoms with Gasteiger partial charge in [0.2, 0.25) is 5.91 Å². The Morgan fingerprint density at radius 2 is 1.62 bits per heavy atom. The van der Waals surface area contributed by atoms with Gasteiger partial charge in [-0.05, 0) is 50.5 Å². The van der Waals surface area contributed by atoms with E-state index in [2.05, 4.69) is 5.32 Å². The maximum Gasteiger partial charge on any atom is 0.240 e. The van der Waals surface area contributed by atoms with Gasteiger partial charge in [0, 0.05) is 17.3 Å². The summed E-state index contributed by atoms with van der Waals surface area (Å²) in [5.41, 5.74) is 1.49. The summed E-state index contributed by atoms with van der Waals surface area (Å²) in [4.78, 5) is 27.6. The molecule has 0 saturated heterocycles. The number of benzene rings is 2. The van der Waals surface area contributed by atoms with Crippen molar-refractivity contribution in [1.82, 2.24) is 14.8 Å². The monoisotopic (exact) mass is 389 g/mol. The van der Waals surface area contributed by atoms with Gasteiger partial charge in [0.05, 0.1) is 23.3 Å². The minimum absolute atomic E-state index is 0.0154. The van der Waals surface area contributed by atoms with Gasteiger partial charge in [0.1, 0.15) is 12.3 Å².